The molecule has 0 aliphatic heterocycles. The van der Waals surface area contributed by atoms with Gasteiger partial charge in [0.05, 0.1) is 12.8 Å². The Hall–Kier alpha value is -1.08. The molecule has 0 radical (unpaired) electrons. The van der Waals surface area contributed by atoms with Crippen LogP contribution in [0.4, 0.5) is 8.78 Å². The molecule has 1 aromatic carbocycles. The number of nitrogens with two attached hydrogens (primary N) is 1. The van der Waals surface area contributed by atoms with Crippen molar-refractivity contribution in [3.8, 4) is 0 Å². The Bertz CT molecular complexity index is 381. The van der Waals surface area contributed by atoms with Gasteiger partial charge in [-0.3, -0.25) is 9.71 Å². The average molecular weight is 315 g/mol. The fraction of sp³-hybridized carbons (Fsp3) is 0.625. The zero-order valence-electron chi connectivity index (χ0n) is 12.8. The summed E-state index contributed by atoms with van der Waals surface area (Å²) in [5.41, 5.74) is 7.04. The summed E-state index contributed by atoms with van der Waals surface area (Å²) in [5, 5.41) is 15.6. The minimum Gasteiger partial charge on any atom is -0.390 e. The van der Waals surface area contributed by atoms with Gasteiger partial charge >= 0.3 is 0 Å². The van der Waals surface area contributed by atoms with Crippen molar-refractivity contribution < 1.29 is 13.9 Å². The second-order valence-corrected chi connectivity index (χ2v) is 5.38. The Labute approximate surface area is 131 Å². The molecule has 3 atom stereocenters. The third-order valence-electron chi connectivity index (χ3n) is 3.41. The van der Waals surface area contributed by atoms with Crippen LogP contribution in [0.3, 0.4) is 0 Å². The van der Waals surface area contributed by atoms with Crippen molar-refractivity contribution in [3.05, 3.63) is 35.9 Å². The van der Waals surface area contributed by atoms with E-state index >= 15 is 0 Å². The molecule has 0 aliphatic carbocycles. The number of hydrogen-bond donors (Lipinski definition) is 4. The molecule has 6 heteroatoms. The predicted octanol–water partition coefficient (Wildman–Crippen LogP) is 1.14. The molecule has 0 heterocycles. The van der Waals surface area contributed by atoms with Gasteiger partial charge in [0.1, 0.15) is 0 Å². The molecule has 0 aliphatic rings. The second kappa shape index (κ2) is 11.5. The van der Waals surface area contributed by atoms with Gasteiger partial charge in [0.25, 0.3) is 0 Å². The number of aliphatic hydroxyl groups excluding tert-OH is 1. The van der Waals surface area contributed by atoms with Crippen molar-refractivity contribution >= 4 is 0 Å². The van der Waals surface area contributed by atoms with E-state index < -0.39 is 19.1 Å². The first-order valence-corrected chi connectivity index (χ1v) is 7.75. The normalized spacial score (nSPS) is 15.5. The Balaban J connectivity index is 2.10. The van der Waals surface area contributed by atoms with Crippen LogP contribution in [0, 0.1) is 0 Å². The van der Waals surface area contributed by atoms with Crippen LogP contribution in [0.15, 0.2) is 30.3 Å². The van der Waals surface area contributed by atoms with Crippen LogP contribution in [0.1, 0.15) is 18.4 Å². The fourth-order valence-electron chi connectivity index (χ4n) is 2.08. The molecule has 5 N–H and O–H groups in total. The lowest BCUT2D eigenvalue weighted by Gasteiger charge is -2.20. The van der Waals surface area contributed by atoms with Gasteiger partial charge in [-0.2, -0.15) is 0 Å². The maximum absolute atomic E-state index is 13.3. The summed E-state index contributed by atoms with van der Waals surface area (Å²) in [5.74, 6) is 0. The van der Waals surface area contributed by atoms with Crippen molar-refractivity contribution in [3.63, 3.8) is 0 Å². The smallest absolute Gasteiger partial charge is 0.152 e. The lowest BCUT2D eigenvalue weighted by molar-refractivity contribution is 0.140. The number of benzene rings is 1. The number of aliphatic hydroxyl groups is 1. The number of rotatable bonds is 12. The van der Waals surface area contributed by atoms with Gasteiger partial charge in [-0.05, 0) is 24.9 Å². The minimum absolute atomic E-state index is 0.271. The molecule has 126 valence electrons. The largest absolute Gasteiger partial charge is 0.390 e. The Morgan fingerprint density at radius 1 is 1.18 bits per heavy atom. The first-order chi connectivity index (χ1) is 10.6. The minimum atomic E-state index is -1.16. The Morgan fingerprint density at radius 2 is 1.91 bits per heavy atom. The standard InChI is InChI=1S/C16H27F2N3O/c17-8-4-9-21-16(18)7-10-20-12-15(22)14(19)11-13-5-2-1-3-6-13/h1-3,5-6,14-16,20-22H,4,7-12,19H2/t14-,15+,16?/m0/s1. The number of halogens is 2. The highest BCUT2D eigenvalue weighted by atomic mass is 19.1. The van der Waals surface area contributed by atoms with E-state index in [1.807, 2.05) is 30.3 Å². The van der Waals surface area contributed by atoms with Crippen LogP contribution >= 0.6 is 0 Å². The van der Waals surface area contributed by atoms with E-state index in [-0.39, 0.29) is 12.5 Å². The van der Waals surface area contributed by atoms with Gasteiger partial charge in [-0.25, -0.2) is 4.39 Å². The summed E-state index contributed by atoms with van der Waals surface area (Å²) >= 11 is 0. The van der Waals surface area contributed by atoms with Crippen molar-refractivity contribution in [1.82, 2.24) is 10.6 Å². The number of alkyl halides is 2. The third-order valence-corrected chi connectivity index (χ3v) is 3.41. The zero-order chi connectivity index (χ0) is 16.2. The van der Waals surface area contributed by atoms with Crippen LogP contribution in [0.25, 0.3) is 0 Å². The van der Waals surface area contributed by atoms with Crippen molar-refractivity contribution in [1.29, 1.82) is 0 Å². The van der Waals surface area contributed by atoms with E-state index in [2.05, 4.69) is 10.6 Å². The molecule has 0 spiro atoms. The molecular weight excluding hydrogens is 288 g/mol. The summed E-state index contributed by atoms with van der Waals surface area (Å²) in [4.78, 5) is 0. The lowest BCUT2D eigenvalue weighted by Crippen LogP contribution is -2.43. The number of hydrogen-bond acceptors (Lipinski definition) is 4. The fourth-order valence-corrected chi connectivity index (χ4v) is 2.08. The zero-order valence-corrected chi connectivity index (χ0v) is 12.8. The molecule has 22 heavy (non-hydrogen) atoms. The Morgan fingerprint density at radius 3 is 2.59 bits per heavy atom. The molecule has 1 unspecified atom stereocenters. The summed E-state index contributed by atoms with van der Waals surface area (Å²) in [7, 11) is 0. The van der Waals surface area contributed by atoms with E-state index in [9.17, 15) is 13.9 Å². The predicted molar refractivity (Wildman–Crippen MR) is 85.1 cm³/mol. The molecule has 0 saturated carbocycles. The third kappa shape index (κ3) is 8.38. The molecule has 0 amide bonds. The van der Waals surface area contributed by atoms with Gasteiger partial charge in [0, 0.05) is 25.6 Å². The van der Waals surface area contributed by atoms with E-state index in [1.165, 1.54) is 0 Å². The Kier molecular flexibility index (Phi) is 9.90. The lowest BCUT2D eigenvalue weighted by atomic mass is 10.0. The van der Waals surface area contributed by atoms with Crippen LogP contribution in [0.5, 0.6) is 0 Å². The quantitative estimate of drug-likeness (QED) is 0.345. The van der Waals surface area contributed by atoms with Gasteiger partial charge in [0.15, 0.2) is 6.30 Å². The van der Waals surface area contributed by atoms with Crippen molar-refractivity contribution in [2.75, 3.05) is 26.3 Å². The van der Waals surface area contributed by atoms with E-state index in [0.29, 0.717) is 32.5 Å². The summed E-state index contributed by atoms with van der Waals surface area (Å²) in [6.45, 7) is 0.649. The van der Waals surface area contributed by atoms with E-state index in [0.717, 1.165) is 5.56 Å². The first kappa shape index (κ1) is 19.0. The van der Waals surface area contributed by atoms with Crippen LogP contribution < -0.4 is 16.4 Å². The number of nitrogens with one attached hydrogen (secondary N) is 2. The molecule has 1 aromatic rings. The molecule has 4 nitrogen and oxygen atoms in total. The summed E-state index contributed by atoms with van der Waals surface area (Å²) in [6, 6.07) is 9.38. The SMILES string of the molecule is N[C@@H](Cc1ccccc1)[C@H](O)CNCCC(F)NCCCF. The molecule has 1 rings (SSSR count). The molecule has 0 fully saturated rings. The average Bonchev–Trinajstić information content (AvgIpc) is 2.52. The van der Waals surface area contributed by atoms with Crippen molar-refractivity contribution in [2.45, 2.75) is 37.7 Å². The molecule has 0 aromatic heterocycles. The molecule has 0 saturated heterocycles. The summed E-state index contributed by atoms with van der Waals surface area (Å²) in [6.07, 6.45) is -0.652. The highest BCUT2D eigenvalue weighted by molar-refractivity contribution is 5.16. The van der Waals surface area contributed by atoms with E-state index in [4.69, 9.17) is 5.73 Å². The maximum atomic E-state index is 13.3. The monoisotopic (exact) mass is 315 g/mol. The van der Waals surface area contributed by atoms with Gasteiger partial charge < -0.3 is 16.2 Å². The second-order valence-electron chi connectivity index (χ2n) is 5.38. The van der Waals surface area contributed by atoms with Gasteiger partial charge in [-0.1, -0.05) is 30.3 Å². The van der Waals surface area contributed by atoms with Crippen LogP contribution in [-0.2, 0) is 6.42 Å². The first-order valence-electron chi connectivity index (χ1n) is 7.75. The summed E-state index contributed by atoms with van der Waals surface area (Å²) < 4.78 is 25.2. The van der Waals surface area contributed by atoms with Crippen LogP contribution in [0.2, 0.25) is 0 Å². The van der Waals surface area contributed by atoms with Crippen LogP contribution in [-0.4, -0.2) is 49.9 Å². The highest BCUT2D eigenvalue weighted by Gasteiger charge is 2.15. The molecule has 0 bridgehead atoms. The highest BCUT2D eigenvalue weighted by Crippen LogP contribution is 2.04. The van der Waals surface area contributed by atoms with Gasteiger partial charge in [-0.15, -0.1) is 0 Å². The van der Waals surface area contributed by atoms with Crippen molar-refractivity contribution in [2.24, 2.45) is 5.73 Å². The molecular formula is C16H27F2N3O. The topological polar surface area (TPSA) is 70.3 Å². The maximum Gasteiger partial charge on any atom is 0.152 e. The van der Waals surface area contributed by atoms with E-state index in [1.54, 1.807) is 0 Å². The van der Waals surface area contributed by atoms with Gasteiger partial charge in [0.2, 0.25) is 0 Å².